The number of fused-ring (bicyclic) bond motifs is 1. The highest BCUT2D eigenvalue weighted by Crippen LogP contribution is 2.27. The standard InChI is InChI=1S/C17H21ClN4O/c1-2-22-10-4-5-12(22)11-20-17(23)21-15-8-7-14(18)16-13(15)6-3-9-19-16/h3,6-9,12H,2,4-5,10-11H2,1H3,(H2,20,21,23)/t12-/m0/s1. The summed E-state index contributed by atoms with van der Waals surface area (Å²) in [7, 11) is 0. The van der Waals surface area contributed by atoms with Crippen molar-refractivity contribution in [3.05, 3.63) is 35.5 Å². The number of hydrogen-bond donors (Lipinski definition) is 2. The maximum absolute atomic E-state index is 12.2. The Balaban J connectivity index is 1.65. The molecule has 2 aromatic rings. The lowest BCUT2D eigenvalue weighted by Crippen LogP contribution is -2.41. The van der Waals surface area contributed by atoms with Crippen molar-refractivity contribution in [3.63, 3.8) is 0 Å². The van der Waals surface area contributed by atoms with Crippen LogP contribution in [0, 0.1) is 0 Å². The molecule has 0 unspecified atom stereocenters. The largest absolute Gasteiger partial charge is 0.336 e. The molecule has 0 saturated carbocycles. The summed E-state index contributed by atoms with van der Waals surface area (Å²) in [6, 6.07) is 7.54. The van der Waals surface area contributed by atoms with E-state index in [2.05, 4.69) is 27.4 Å². The third-order valence-electron chi connectivity index (χ3n) is 4.37. The number of nitrogens with zero attached hydrogens (tertiary/aromatic N) is 2. The summed E-state index contributed by atoms with van der Waals surface area (Å²) < 4.78 is 0. The average molecular weight is 333 g/mol. The fourth-order valence-electron chi connectivity index (χ4n) is 3.17. The second-order valence-electron chi connectivity index (χ2n) is 5.75. The minimum Gasteiger partial charge on any atom is -0.336 e. The number of anilines is 1. The normalized spacial score (nSPS) is 18.3. The van der Waals surface area contributed by atoms with Gasteiger partial charge in [-0.25, -0.2) is 4.79 Å². The smallest absolute Gasteiger partial charge is 0.319 e. The molecule has 1 atom stereocenters. The van der Waals surface area contributed by atoms with Crippen molar-refractivity contribution in [1.82, 2.24) is 15.2 Å². The molecule has 0 aliphatic carbocycles. The summed E-state index contributed by atoms with van der Waals surface area (Å²) in [5.41, 5.74) is 1.41. The number of amides is 2. The van der Waals surface area contributed by atoms with Crippen molar-refractivity contribution in [1.29, 1.82) is 0 Å². The second kappa shape index (κ2) is 7.15. The van der Waals surface area contributed by atoms with E-state index in [9.17, 15) is 4.79 Å². The molecule has 2 heterocycles. The van der Waals surface area contributed by atoms with E-state index in [4.69, 9.17) is 11.6 Å². The van der Waals surface area contributed by atoms with Crippen LogP contribution in [0.4, 0.5) is 10.5 Å². The van der Waals surface area contributed by atoms with E-state index >= 15 is 0 Å². The second-order valence-corrected chi connectivity index (χ2v) is 6.16. The number of aromatic nitrogens is 1. The molecule has 1 aromatic carbocycles. The number of pyridine rings is 1. The molecule has 3 rings (SSSR count). The van der Waals surface area contributed by atoms with Gasteiger partial charge in [-0.15, -0.1) is 0 Å². The van der Waals surface area contributed by atoms with E-state index < -0.39 is 0 Å². The molecule has 0 bridgehead atoms. The van der Waals surface area contributed by atoms with Crippen LogP contribution in [0.2, 0.25) is 5.02 Å². The fraction of sp³-hybridized carbons (Fsp3) is 0.412. The predicted molar refractivity (Wildman–Crippen MR) is 94.0 cm³/mol. The van der Waals surface area contributed by atoms with Crippen LogP contribution in [0.5, 0.6) is 0 Å². The molecule has 6 heteroatoms. The van der Waals surface area contributed by atoms with E-state index in [0.29, 0.717) is 28.8 Å². The zero-order valence-electron chi connectivity index (χ0n) is 13.2. The molecule has 2 N–H and O–H groups in total. The van der Waals surface area contributed by atoms with Gasteiger partial charge in [0.25, 0.3) is 0 Å². The van der Waals surface area contributed by atoms with Gasteiger partial charge < -0.3 is 10.6 Å². The van der Waals surface area contributed by atoms with Crippen molar-refractivity contribution in [2.24, 2.45) is 0 Å². The summed E-state index contributed by atoms with van der Waals surface area (Å²) >= 11 is 6.15. The lowest BCUT2D eigenvalue weighted by Gasteiger charge is -2.23. The Bertz CT molecular complexity index is 706. The van der Waals surface area contributed by atoms with Gasteiger partial charge in [0.2, 0.25) is 0 Å². The van der Waals surface area contributed by atoms with Crippen LogP contribution in [0.25, 0.3) is 10.9 Å². The number of likely N-dealkylation sites (tertiary alicyclic amines) is 1. The van der Waals surface area contributed by atoms with Crippen LogP contribution in [-0.2, 0) is 0 Å². The maximum Gasteiger partial charge on any atom is 0.319 e. The molecular weight excluding hydrogens is 312 g/mol. The molecule has 1 fully saturated rings. The summed E-state index contributed by atoms with van der Waals surface area (Å²) in [5.74, 6) is 0. The number of urea groups is 1. The molecule has 23 heavy (non-hydrogen) atoms. The number of likely N-dealkylation sites (N-methyl/N-ethyl adjacent to an activating group) is 1. The Morgan fingerprint density at radius 1 is 1.43 bits per heavy atom. The lowest BCUT2D eigenvalue weighted by atomic mass is 10.2. The number of benzene rings is 1. The van der Waals surface area contributed by atoms with Gasteiger partial charge in [-0.1, -0.05) is 18.5 Å². The zero-order valence-corrected chi connectivity index (χ0v) is 13.9. The van der Waals surface area contributed by atoms with E-state index in [1.54, 1.807) is 18.3 Å². The highest BCUT2D eigenvalue weighted by Gasteiger charge is 2.23. The van der Waals surface area contributed by atoms with Crippen molar-refractivity contribution < 1.29 is 4.79 Å². The van der Waals surface area contributed by atoms with Crippen LogP contribution in [0.3, 0.4) is 0 Å². The number of rotatable bonds is 4. The first-order chi connectivity index (χ1) is 11.2. The van der Waals surface area contributed by atoms with Crippen LogP contribution >= 0.6 is 11.6 Å². The monoisotopic (exact) mass is 332 g/mol. The fourth-order valence-corrected chi connectivity index (χ4v) is 3.38. The van der Waals surface area contributed by atoms with Gasteiger partial charge in [0.15, 0.2) is 0 Å². The van der Waals surface area contributed by atoms with Crippen molar-refractivity contribution in [2.45, 2.75) is 25.8 Å². The van der Waals surface area contributed by atoms with E-state index in [0.717, 1.165) is 24.9 Å². The highest BCUT2D eigenvalue weighted by molar-refractivity contribution is 6.35. The number of halogens is 1. The molecule has 5 nitrogen and oxygen atoms in total. The predicted octanol–water partition coefficient (Wildman–Crippen LogP) is 3.49. The first-order valence-electron chi connectivity index (χ1n) is 8.01. The first kappa shape index (κ1) is 16.0. The van der Waals surface area contributed by atoms with Gasteiger partial charge in [-0.05, 0) is 50.2 Å². The highest BCUT2D eigenvalue weighted by atomic mass is 35.5. The third-order valence-corrected chi connectivity index (χ3v) is 4.68. The molecule has 0 spiro atoms. The third kappa shape index (κ3) is 3.57. The van der Waals surface area contributed by atoms with E-state index in [1.165, 1.54) is 6.42 Å². The number of nitrogens with one attached hydrogen (secondary N) is 2. The molecule has 0 radical (unpaired) electrons. The minimum absolute atomic E-state index is 0.194. The van der Waals surface area contributed by atoms with Crippen LogP contribution in [-0.4, -0.2) is 41.6 Å². The summed E-state index contributed by atoms with van der Waals surface area (Å²) in [4.78, 5) is 18.9. The van der Waals surface area contributed by atoms with Gasteiger partial charge in [0.1, 0.15) is 0 Å². The maximum atomic E-state index is 12.2. The Kier molecular flexibility index (Phi) is 4.98. The summed E-state index contributed by atoms with van der Waals surface area (Å²) in [6.07, 6.45) is 4.04. The van der Waals surface area contributed by atoms with Gasteiger partial charge in [-0.3, -0.25) is 9.88 Å². The summed E-state index contributed by atoms with van der Waals surface area (Å²) in [6.45, 7) is 4.98. The molecule has 1 saturated heterocycles. The SMILES string of the molecule is CCN1CCC[C@H]1CNC(=O)Nc1ccc(Cl)c2ncccc12. The Labute approximate surface area is 141 Å². The molecular formula is C17H21ClN4O. The number of hydrogen-bond acceptors (Lipinski definition) is 3. The van der Waals surface area contributed by atoms with Gasteiger partial charge in [-0.2, -0.15) is 0 Å². The quantitative estimate of drug-likeness (QED) is 0.901. The van der Waals surface area contributed by atoms with Gasteiger partial charge in [0, 0.05) is 24.2 Å². The molecule has 2 amide bonds. The average Bonchev–Trinajstić information content (AvgIpc) is 3.03. The van der Waals surface area contributed by atoms with E-state index in [1.807, 2.05) is 12.1 Å². The number of carbonyl (C=O) groups is 1. The van der Waals surface area contributed by atoms with Crippen LogP contribution < -0.4 is 10.6 Å². The van der Waals surface area contributed by atoms with Crippen molar-refractivity contribution >= 4 is 34.2 Å². The Morgan fingerprint density at radius 2 is 2.30 bits per heavy atom. The molecule has 1 aliphatic heterocycles. The molecule has 1 aliphatic rings. The van der Waals surface area contributed by atoms with Crippen molar-refractivity contribution in [2.75, 3.05) is 25.0 Å². The Hall–Kier alpha value is -1.85. The van der Waals surface area contributed by atoms with E-state index in [-0.39, 0.29) is 6.03 Å². The van der Waals surface area contributed by atoms with Gasteiger partial charge >= 0.3 is 6.03 Å². The molecule has 1 aromatic heterocycles. The molecule has 122 valence electrons. The first-order valence-corrected chi connectivity index (χ1v) is 8.39. The Morgan fingerprint density at radius 3 is 3.13 bits per heavy atom. The van der Waals surface area contributed by atoms with Crippen LogP contribution in [0.15, 0.2) is 30.5 Å². The summed E-state index contributed by atoms with van der Waals surface area (Å²) in [5, 5.41) is 7.29. The topological polar surface area (TPSA) is 57.3 Å². The zero-order chi connectivity index (χ0) is 16.2. The van der Waals surface area contributed by atoms with Crippen molar-refractivity contribution in [3.8, 4) is 0 Å². The van der Waals surface area contributed by atoms with Crippen LogP contribution in [0.1, 0.15) is 19.8 Å². The minimum atomic E-state index is -0.194. The lowest BCUT2D eigenvalue weighted by molar-refractivity contribution is 0.238. The van der Waals surface area contributed by atoms with Gasteiger partial charge in [0.05, 0.1) is 16.2 Å². The number of carbonyl (C=O) groups excluding carboxylic acids is 1.